The maximum absolute atomic E-state index is 11.0. The number of carbonyl (C=O) groups excluding carboxylic acids is 1. The summed E-state index contributed by atoms with van der Waals surface area (Å²) >= 11 is 0. The summed E-state index contributed by atoms with van der Waals surface area (Å²) in [4.78, 5) is 15.3. The Balaban J connectivity index is 1.71. The molecule has 1 amide bonds. The van der Waals surface area contributed by atoms with E-state index in [4.69, 9.17) is 4.74 Å². The largest absolute Gasteiger partial charge is 0.372 e. The molecule has 2 rings (SSSR count). The summed E-state index contributed by atoms with van der Waals surface area (Å²) < 4.78 is 5.16. The standard InChI is InChI=1S/C9H16N2O2/c1-8(12)11-4-2-10(3-5-11)6-9-7-13-9/h9H,2-7H2,1H3. The molecular formula is C9H16N2O2. The molecule has 2 saturated heterocycles. The van der Waals surface area contributed by atoms with Crippen LogP contribution >= 0.6 is 0 Å². The van der Waals surface area contributed by atoms with Crippen LogP contribution in [-0.4, -0.2) is 61.1 Å². The van der Waals surface area contributed by atoms with Gasteiger partial charge in [0.15, 0.2) is 0 Å². The maximum atomic E-state index is 11.0. The molecule has 2 aliphatic heterocycles. The first-order valence-corrected chi connectivity index (χ1v) is 4.85. The van der Waals surface area contributed by atoms with Crippen molar-refractivity contribution in [1.82, 2.24) is 9.80 Å². The normalized spacial score (nSPS) is 29.0. The van der Waals surface area contributed by atoms with Crippen molar-refractivity contribution >= 4 is 5.91 Å². The first-order chi connectivity index (χ1) is 6.25. The average molecular weight is 184 g/mol. The Labute approximate surface area is 78.4 Å². The van der Waals surface area contributed by atoms with Gasteiger partial charge < -0.3 is 9.64 Å². The van der Waals surface area contributed by atoms with E-state index in [-0.39, 0.29) is 5.91 Å². The fourth-order valence-electron chi connectivity index (χ4n) is 1.71. The monoisotopic (exact) mass is 184 g/mol. The van der Waals surface area contributed by atoms with Gasteiger partial charge in [-0.1, -0.05) is 0 Å². The molecule has 0 saturated carbocycles. The zero-order valence-electron chi connectivity index (χ0n) is 8.03. The van der Waals surface area contributed by atoms with E-state index in [0.717, 1.165) is 39.3 Å². The van der Waals surface area contributed by atoms with Crippen LogP contribution in [0.2, 0.25) is 0 Å². The summed E-state index contributed by atoms with van der Waals surface area (Å²) in [6, 6.07) is 0. The second-order valence-corrected chi connectivity index (χ2v) is 3.76. The van der Waals surface area contributed by atoms with Gasteiger partial charge in [0.1, 0.15) is 0 Å². The van der Waals surface area contributed by atoms with E-state index in [1.54, 1.807) is 6.92 Å². The molecule has 0 N–H and O–H groups in total. The zero-order chi connectivity index (χ0) is 9.26. The minimum Gasteiger partial charge on any atom is -0.372 e. The van der Waals surface area contributed by atoms with Crippen molar-refractivity contribution in [3.8, 4) is 0 Å². The summed E-state index contributed by atoms with van der Waals surface area (Å²) in [6.07, 6.45) is 0.476. The molecular weight excluding hydrogens is 168 g/mol. The minimum atomic E-state index is 0.197. The van der Waals surface area contributed by atoms with Crippen LogP contribution in [0.4, 0.5) is 0 Å². The zero-order valence-corrected chi connectivity index (χ0v) is 8.03. The van der Waals surface area contributed by atoms with Crippen molar-refractivity contribution < 1.29 is 9.53 Å². The number of nitrogens with zero attached hydrogens (tertiary/aromatic N) is 2. The number of rotatable bonds is 2. The third kappa shape index (κ3) is 2.42. The quantitative estimate of drug-likeness (QED) is 0.545. The average Bonchev–Trinajstić information content (AvgIpc) is 2.89. The van der Waals surface area contributed by atoms with Crippen LogP contribution < -0.4 is 0 Å². The fourth-order valence-corrected chi connectivity index (χ4v) is 1.71. The van der Waals surface area contributed by atoms with Gasteiger partial charge in [-0.3, -0.25) is 9.69 Å². The number of piperazine rings is 1. The van der Waals surface area contributed by atoms with Gasteiger partial charge in [-0.25, -0.2) is 0 Å². The van der Waals surface area contributed by atoms with Crippen molar-refractivity contribution in [2.45, 2.75) is 13.0 Å². The van der Waals surface area contributed by atoms with Crippen LogP contribution in [0.1, 0.15) is 6.92 Å². The molecule has 4 heteroatoms. The molecule has 1 atom stereocenters. The van der Waals surface area contributed by atoms with Crippen LogP contribution in [0.5, 0.6) is 0 Å². The van der Waals surface area contributed by atoms with E-state index in [0.29, 0.717) is 6.10 Å². The van der Waals surface area contributed by atoms with Crippen LogP contribution in [0.15, 0.2) is 0 Å². The van der Waals surface area contributed by atoms with Gasteiger partial charge in [-0.15, -0.1) is 0 Å². The predicted molar refractivity (Wildman–Crippen MR) is 48.4 cm³/mol. The van der Waals surface area contributed by atoms with Gasteiger partial charge in [0.2, 0.25) is 5.91 Å². The number of epoxide rings is 1. The van der Waals surface area contributed by atoms with Crippen LogP contribution in [0.3, 0.4) is 0 Å². The molecule has 74 valence electrons. The van der Waals surface area contributed by atoms with Crippen molar-refractivity contribution in [3.63, 3.8) is 0 Å². The highest BCUT2D eigenvalue weighted by molar-refractivity contribution is 5.73. The molecule has 1 unspecified atom stereocenters. The Kier molecular flexibility index (Phi) is 2.51. The highest BCUT2D eigenvalue weighted by Gasteiger charge is 2.27. The summed E-state index contributed by atoms with van der Waals surface area (Å²) in [7, 11) is 0. The van der Waals surface area contributed by atoms with E-state index < -0.39 is 0 Å². The van der Waals surface area contributed by atoms with Gasteiger partial charge in [-0.05, 0) is 0 Å². The topological polar surface area (TPSA) is 36.1 Å². The van der Waals surface area contributed by atoms with Crippen molar-refractivity contribution in [2.75, 3.05) is 39.3 Å². The number of hydrogen-bond acceptors (Lipinski definition) is 3. The number of ether oxygens (including phenoxy) is 1. The fraction of sp³-hybridized carbons (Fsp3) is 0.889. The Hall–Kier alpha value is -0.610. The first-order valence-electron chi connectivity index (χ1n) is 4.85. The van der Waals surface area contributed by atoms with Crippen LogP contribution in [0, 0.1) is 0 Å². The Bertz CT molecular complexity index is 196. The lowest BCUT2D eigenvalue weighted by molar-refractivity contribution is -0.130. The molecule has 0 aromatic carbocycles. The second kappa shape index (κ2) is 3.64. The first kappa shape index (κ1) is 8.97. The lowest BCUT2D eigenvalue weighted by atomic mass is 10.3. The van der Waals surface area contributed by atoms with E-state index >= 15 is 0 Å². The van der Waals surface area contributed by atoms with Gasteiger partial charge in [0.25, 0.3) is 0 Å². The van der Waals surface area contributed by atoms with Crippen LogP contribution in [0.25, 0.3) is 0 Å². The number of carbonyl (C=O) groups is 1. The highest BCUT2D eigenvalue weighted by Crippen LogP contribution is 2.12. The van der Waals surface area contributed by atoms with E-state index in [2.05, 4.69) is 4.90 Å². The molecule has 0 aromatic rings. The third-order valence-electron chi connectivity index (χ3n) is 2.68. The van der Waals surface area contributed by atoms with E-state index in [1.807, 2.05) is 4.90 Å². The molecule has 0 aromatic heterocycles. The summed E-state index contributed by atoms with van der Waals surface area (Å²) in [5.41, 5.74) is 0. The highest BCUT2D eigenvalue weighted by atomic mass is 16.6. The second-order valence-electron chi connectivity index (χ2n) is 3.76. The SMILES string of the molecule is CC(=O)N1CCN(CC2CO2)CC1. The summed E-state index contributed by atoms with van der Waals surface area (Å²) in [5, 5.41) is 0. The van der Waals surface area contributed by atoms with Crippen molar-refractivity contribution in [1.29, 1.82) is 0 Å². The molecule has 0 aliphatic carbocycles. The molecule has 2 aliphatic rings. The van der Waals surface area contributed by atoms with Crippen LogP contribution in [-0.2, 0) is 9.53 Å². The molecule has 0 radical (unpaired) electrons. The Morgan fingerprint density at radius 1 is 1.38 bits per heavy atom. The number of hydrogen-bond donors (Lipinski definition) is 0. The van der Waals surface area contributed by atoms with Gasteiger partial charge in [0, 0.05) is 39.6 Å². The third-order valence-corrected chi connectivity index (χ3v) is 2.68. The minimum absolute atomic E-state index is 0.197. The van der Waals surface area contributed by atoms with E-state index in [1.165, 1.54) is 0 Å². The van der Waals surface area contributed by atoms with E-state index in [9.17, 15) is 4.79 Å². The van der Waals surface area contributed by atoms with Crippen molar-refractivity contribution in [2.24, 2.45) is 0 Å². The van der Waals surface area contributed by atoms with Gasteiger partial charge in [0.05, 0.1) is 12.7 Å². The summed E-state index contributed by atoms with van der Waals surface area (Å²) in [6.45, 7) is 7.36. The molecule has 2 fully saturated rings. The lowest BCUT2D eigenvalue weighted by Gasteiger charge is -2.33. The Morgan fingerprint density at radius 2 is 2.00 bits per heavy atom. The van der Waals surface area contributed by atoms with Gasteiger partial charge in [-0.2, -0.15) is 0 Å². The molecule has 0 bridgehead atoms. The smallest absolute Gasteiger partial charge is 0.219 e. The molecule has 13 heavy (non-hydrogen) atoms. The molecule has 2 heterocycles. The van der Waals surface area contributed by atoms with Crippen molar-refractivity contribution in [3.05, 3.63) is 0 Å². The summed E-state index contributed by atoms with van der Waals surface area (Å²) in [5.74, 6) is 0.197. The lowest BCUT2D eigenvalue weighted by Crippen LogP contribution is -2.48. The molecule has 0 spiro atoms. The molecule has 4 nitrogen and oxygen atoms in total. The van der Waals surface area contributed by atoms with Gasteiger partial charge >= 0.3 is 0 Å². The Morgan fingerprint density at radius 3 is 2.46 bits per heavy atom. The predicted octanol–water partition coefficient (Wildman–Crippen LogP) is -0.451. The number of amides is 1. The maximum Gasteiger partial charge on any atom is 0.219 e.